The van der Waals surface area contributed by atoms with Gasteiger partial charge in [-0.3, -0.25) is 0 Å². The maximum atomic E-state index is 12.4. The Morgan fingerprint density at radius 3 is 2.76 bits per heavy atom. The molecule has 1 aliphatic rings. The van der Waals surface area contributed by atoms with Gasteiger partial charge in [-0.1, -0.05) is 17.3 Å². The van der Waals surface area contributed by atoms with Crippen LogP contribution in [-0.2, 0) is 17.6 Å². The number of benzene rings is 1. The van der Waals surface area contributed by atoms with E-state index in [2.05, 4.69) is 5.16 Å². The second-order valence-corrected chi connectivity index (χ2v) is 4.06. The summed E-state index contributed by atoms with van der Waals surface area (Å²) >= 11 is 0. The van der Waals surface area contributed by atoms with Gasteiger partial charge in [-0.2, -0.15) is 13.2 Å². The molecule has 92 valence electrons. The number of oxime groups is 1. The number of hydrogen-bond donors (Lipinski definition) is 0. The first kappa shape index (κ1) is 12.0. The zero-order chi connectivity index (χ0) is 12.3. The van der Waals surface area contributed by atoms with Gasteiger partial charge in [0.15, 0.2) is 0 Å². The van der Waals surface area contributed by atoms with E-state index in [1.807, 2.05) is 0 Å². The monoisotopic (exact) mass is 243 g/mol. The largest absolute Gasteiger partial charge is 0.416 e. The molecule has 0 heterocycles. The van der Waals surface area contributed by atoms with Crippen molar-refractivity contribution >= 4 is 6.21 Å². The fourth-order valence-electron chi connectivity index (χ4n) is 1.32. The highest BCUT2D eigenvalue weighted by Crippen LogP contribution is 2.29. The van der Waals surface area contributed by atoms with Crippen LogP contribution in [0.2, 0.25) is 0 Å². The molecule has 1 aromatic carbocycles. The molecule has 0 spiro atoms. The molecule has 0 aliphatic heterocycles. The summed E-state index contributed by atoms with van der Waals surface area (Å²) in [6, 6.07) is 5.07. The fraction of sp³-hybridized carbons (Fsp3) is 0.417. The van der Waals surface area contributed by atoms with Crippen LogP contribution in [0.1, 0.15) is 24.0 Å². The van der Waals surface area contributed by atoms with E-state index in [4.69, 9.17) is 4.84 Å². The first-order valence-electron chi connectivity index (χ1n) is 5.37. The molecular weight excluding hydrogens is 231 g/mol. The molecule has 2 rings (SSSR count). The van der Waals surface area contributed by atoms with E-state index in [1.54, 1.807) is 12.3 Å². The molecule has 0 radical (unpaired) electrons. The summed E-state index contributed by atoms with van der Waals surface area (Å²) in [6.07, 6.45) is -0.367. The molecule has 0 aromatic heterocycles. The lowest BCUT2D eigenvalue weighted by Crippen LogP contribution is -2.05. The zero-order valence-corrected chi connectivity index (χ0v) is 9.07. The van der Waals surface area contributed by atoms with Crippen molar-refractivity contribution in [2.45, 2.75) is 25.6 Å². The lowest BCUT2D eigenvalue weighted by Gasteiger charge is -2.07. The predicted molar refractivity (Wildman–Crippen MR) is 57.4 cm³/mol. The molecule has 2 nitrogen and oxygen atoms in total. The summed E-state index contributed by atoms with van der Waals surface area (Å²) in [4.78, 5) is 4.94. The van der Waals surface area contributed by atoms with Crippen molar-refractivity contribution in [1.82, 2.24) is 0 Å². The van der Waals surface area contributed by atoms with E-state index in [1.165, 1.54) is 6.07 Å². The number of nitrogens with zero attached hydrogens (tertiary/aromatic N) is 1. The molecule has 0 N–H and O–H groups in total. The lowest BCUT2D eigenvalue weighted by atomic mass is 10.1. The molecule has 0 saturated heterocycles. The Balaban J connectivity index is 1.91. The second kappa shape index (κ2) is 4.77. The Kier molecular flexibility index (Phi) is 3.36. The topological polar surface area (TPSA) is 21.6 Å². The average molecular weight is 243 g/mol. The van der Waals surface area contributed by atoms with Crippen molar-refractivity contribution in [3.63, 3.8) is 0 Å². The molecule has 0 amide bonds. The zero-order valence-electron chi connectivity index (χ0n) is 9.07. The Morgan fingerprint density at radius 2 is 2.12 bits per heavy atom. The molecule has 0 atom stereocenters. The third-order valence-electron chi connectivity index (χ3n) is 2.45. The summed E-state index contributed by atoms with van der Waals surface area (Å²) < 4.78 is 37.2. The van der Waals surface area contributed by atoms with Gasteiger partial charge in [0, 0.05) is 6.21 Å². The van der Waals surface area contributed by atoms with Gasteiger partial charge in [0.1, 0.15) is 6.61 Å². The second-order valence-electron chi connectivity index (χ2n) is 4.06. The smallest absolute Gasteiger partial charge is 0.391 e. The predicted octanol–water partition coefficient (Wildman–Crippen LogP) is 3.62. The highest BCUT2D eigenvalue weighted by atomic mass is 19.4. The normalized spacial score (nSPS) is 16.4. The third-order valence-corrected chi connectivity index (χ3v) is 2.45. The van der Waals surface area contributed by atoms with Crippen LogP contribution in [0.15, 0.2) is 29.4 Å². The molecule has 0 unspecified atom stereocenters. The van der Waals surface area contributed by atoms with Crippen LogP contribution in [0.5, 0.6) is 0 Å². The van der Waals surface area contributed by atoms with Gasteiger partial charge in [0.2, 0.25) is 0 Å². The van der Waals surface area contributed by atoms with Crippen LogP contribution in [0, 0.1) is 5.92 Å². The molecule has 5 heteroatoms. The summed E-state index contributed by atoms with van der Waals surface area (Å²) in [5.74, 6) is 0.497. The molecule has 1 aliphatic carbocycles. The highest BCUT2D eigenvalue weighted by molar-refractivity contribution is 5.62. The van der Waals surface area contributed by atoms with Gasteiger partial charge >= 0.3 is 6.18 Å². The van der Waals surface area contributed by atoms with Crippen LogP contribution in [0.3, 0.4) is 0 Å². The van der Waals surface area contributed by atoms with Crippen LogP contribution in [0.25, 0.3) is 0 Å². The molecule has 17 heavy (non-hydrogen) atoms. The molecule has 1 fully saturated rings. The SMILES string of the molecule is FC(F)(F)c1cccc(CON=CC2CC2)c1. The molecule has 1 saturated carbocycles. The van der Waals surface area contributed by atoms with Crippen molar-refractivity contribution in [2.24, 2.45) is 11.1 Å². The average Bonchev–Trinajstić information content (AvgIpc) is 3.08. The Labute approximate surface area is 97.1 Å². The standard InChI is InChI=1S/C12H12F3NO/c13-12(14,15)11-3-1-2-10(6-11)8-17-16-7-9-4-5-9/h1-3,6-7,9H,4-5,8H2. The van der Waals surface area contributed by atoms with Crippen molar-refractivity contribution in [3.8, 4) is 0 Å². The first-order valence-corrected chi connectivity index (χ1v) is 5.37. The minimum Gasteiger partial charge on any atom is -0.391 e. The van der Waals surface area contributed by atoms with E-state index in [0.717, 1.165) is 25.0 Å². The lowest BCUT2D eigenvalue weighted by molar-refractivity contribution is -0.137. The van der Waals surface area contributed by atoms with E-state index in [0.29, 0.717) is 11.5 Å². The van der Waals surface area contributed by atoms with Crippen molar-refractivity contribution < 1.29 is 18.0 Å². The van der Waals surface area contributed by atoms with Gasteiger partial charge in [-0.05, 0) is 36.5 Å². The summed E-state index contributed by atoms with van der Waals surface area (Å²) in [7, 11) is 0. The maximum Gasteiger partial charge on any atom is 0.416 e. The van der Waals surface area contributed by atoms with Crippen LogP contribution >= 0.6 is 0 Å². The first-order chi connectivity index (χ1) is 8.05. The van der Waals surface area contributed by atoms with Crippen LogP contribution < -0.4 is 0 Å². The number of rotatable bonds is 4. The molecular formula is C12H12F3NO. The van der Waals surface area contributed by atoms with E-state index < -0.39 is 11.7 Å². The van der Waals surface area contributed by atoms with Gasteiger partial charge in [-0.25, -0.2) is 0 Å². The molecule has 1 aromatic rings. The van der Waals surface area contributed by atoms with Crippen LogP contribution in [0.4, 0.5) is 13.2 Å². The van der Waals surface area contributed by atoms with Crippen molar-refractivity contribution in [3.05, 3.63) is 35.4 Å². The van der Waals surface area contributed by atoms with E-state index in [-0.39, 0.29) is 6.61 Å². The van der Waals surface area contributed by atoms with Crippen molar-refractivity contribution in [1.29, 1.82) is 0 Å². The third kappa shape index (κ3) is 3.76. The minimum absolute atomic E-state index is 0.0626. The minimum atomic E-state index is -4.31. The Bertz CT molecular complexity index is 410. The Morgan fingerprint density at radius 1 is 1.35 bits per heavy atom. The number of halogens is 3. The summed E-state index contributed by atoms with van der Waals surface area (Å²) in [5, 5.41) is 3.71. The van der Waals surface area contributed by atoms with Gasteiger partial charge in [0.05, 0.1) is 5.56 Å². The number of hydrogen-bond acceptors (Lipinski definition) is 2. The van der Waals surface area contributed by atoms with Crippen molar-refractivity contribution in [2.75, 3.05) is 0 Å². The Hall–Kier alpha value is -1.52. The summed E-state index contributed by atoms with van der Waals surface area (Å²) in [5.41, 5.74) is -0.197. The quantitative estimate of drug-likeness (QED) is 0.584. The fourth-order valence-corrected chi connectivity index (χ4v) is 1.32. The number of alkyl halides is 3. The highest BCUT2D eigenvalue weighted by Gasteiger charge is 2.30. The van der Waals surface area contributed by atoms with E-state index >= 15 is 0 Å². The van der Waals surface area contributed by atoms with E-state index in [9.17, 15) is 13.2 Å². The van der Waals surface area contributed by atoms with Gasteiger partial charge in [-0.15, -0.1) is 0 Å². The summed E-state index contributed by atoms with van der Waals surface area (Å²) in [6.45, 7) is 0.0626. The maximum absolute atomic E-state index is 12.4. The van der Waals surface area contributed by atoms with Gasteiger partial charge < -0.3 is 4.84 Å². The molecule has 0 bridgehead atoms. The van der Waals surface area contributed by atoms with Gasteiger partial charge in [0.25, 0.3) is 0 Å². The van der Waals surface area contributed by atoms with Crippen LogP contribution in [-0.4, -0.2) is 6.21 Å².